The molecule has 23 heavy (non-hydrogen) atoms. The molecule has 3 heterocycles. The maximum absolute atomic E-state index is 9.27. The summed E-state index contributed by atoms with van der Waals surface area (Å²) in [4.78, 5) is 11.2. The van der Waals surface area contributed by atoms with Gasteiger partial charge in [0.25, 0.3) is 0 Å². The molecule has 1 atom stereocenters. The third-order valence-electron chi connectivity index (χ3n) is 3.84. The van der Waals surface area contributed by atoms with Crippen LogP contribution in [0.25, 0.3) is 0 Å². The normalized spacial score (nSPS) is 18.7. The highest BCUT2D eigenvalue weighted by Gasteiger charge is 2.28. The van der Waals surface area contributed by atoms with E-state index in [1.807, 2.05) is 0 Å². The van der Waals surface area contributed by atoms with Gasteiger partial charge in [-0.1, -0.05) is 20.8 Å². The second-order valence-corrected chi connectivity index (χ2v) is 7.50. The number of ether oxygens (including phenoxy) is 1. The monoisotopic (exact) mass is 328 g/mol. The number of nitriles is 1. The molecule has 0 aromatic carbocycles. The quantitative estimate of drug-likeness (QED) is 0.846. The van der Waals surface area contributed by atoms with E-state index in [2.05, 4.69) is 42.1 Å². The van der Waals surface area contributed by atoms with E-state index in [4.69, 9.17) is 9.72 Å². The Bertz CT molecular complexity index is 729. The fraction of sp³-hybridized carbons (Fsp3) is 0.471. The van der Waals surface area contributed by atoms with Crippen LogP contribution in [0.5, 0.6) is 0 Å². The summed E-state index contributed by atoms with van der Waals surface area (Å²) in [6.45, 7) is 8.49. The third kappa shape index (κ3) is 3.36. The van der Waals surface area contributed by atoms with Crippen LogP contribution in [0.2, 0.25) is 0 Å². The van der Waals surface area contributed by atoms with Crippen molar-refractivity contribution in [2.45, 2.75) is 32.3 Å². The molecule has 6 heteroatoms. The Morgan fingerprint density at radius 3 is 2.96 bits per heavy atom. The van der Waals surface area contributed by atoms with Crippen LogP contribution in [0.4, 0.5) is 5.82 Å². The van der Waals surface area contributed by atoms with E-state index in [-0.39, 0.29) is 11.5 Å². The number of pyridine rings is 1. The van der Waals surface area contributed by atoms with Crippen molar-refractivity contribution in [2.24, 2.45) is 0 Å². The summed E-state index contributed by atoms with van der Waals surface area (Å²) in [7, 11) is 0. The average Bonchev–Trinajstić information content (AvgIpc) is 3.05. The predicted molar refractivity (Wildman–Crippen MR) is 90.7 cm³/mol. The highest BCUT2D eigenvalue weighted by atomic mass is 32.1. The highest BCUT2D eigenvalue weighted by Crippen LogP contribution is 2.31. The van der Waals surface area contributed by atoms with E-state index >= 15 is 0 Å². The number of hydrogen-bond acceptors (Lipinski definition) is 6. The molecule has 5 nitrogen and oxygen atoms in total. The van der Waals surface area contributed by atoms with E-state index in [9.17, 15) is 5.26 Å². The van der Waals surface area contributed by atoms with Crippen LogP contribution >= 0.6 is 11.3 Å². The van der Waals surface area contributed by atoms with Crippen LogP contribution < -0.4 is 4.90 Å². The lowest BCUT2D eigenvalue weighted by molar-refractivity contribution is 0.0392. The molecular formula is C17H20N4OS. The molecule has 1 aliphatic heterocycles. The van der Waals surface area contributed by atoms with Crippen molar-refractivity contribution in [3.05, 3.63) is 40.0 Å². The average molecular weight is 328 g/mol. The first-order valence-corrected chi connectivity index (χ1v) is 8.54. The molecule has 3 rings (SSSR count). The summed E-state index contributed by atoms with van der Waals surface area (Å²) in [6, 6.07) is 5.80. The number of nitrogens with zero attached hydrogens (tertiary/aromatic N) is 4. The van der Waals surface area contributed by atoms with Crippen molar-refractivity contribution in [2.75, 3.05) is 24.6 Å². The smallest absolute Gasteiger partial charge is 0.146 e. The summed E-state index contributed by atoms with van der Waals surface area (Å²) in [5.74, 6) is 0.732. The van der Waals surface area contributed by atoms with Crippen LogP contribution in [0.15, 0.2) is 23.7 Å². The van der Waals surface area contributed by atoms with Gasteiger partial charge in [0.2, 0.25) is 0 Å². The third-order valence-corrected chi connectivity index (χ3v) is 4.78. The Kier molecular flexibility index (Phi) is 4.33. The molecule has 0 radical (unpaired) electrons. The lowest BCUT2D eigenvalue weighted by Gasteiger charge is -2.33. The summed E-state index contributed by atoms with van der Waals surface area (Å²) in [5.41, 5.74) is 1.73. The number of hydrogen-bond donors (Lipinski definition) is 0. The first-order chi connectivity index (χ1) is 11.0. The van der Waals surface area contributed by atoms with Crippen molar-refractivity contribution >= 4 is 17.2 Å². The number of morpholine rings is 1. The van der Waals surface area contributed by atoms with Gasteiger partial charge >= 0.3 is 0 Å². The Morgan fingerprint density at radius 1 is 1.43 bits per heavy atom. The molecule has 0 saturated carbocycles. The largest absolute Gasteiger partial charge is 0.367 e. The van der Waals surface area contributed by atoms with Gasteiger partial charge in [0, 0.05) is 23.5 Å². The predicted octanol–water partition coefficient (Wildman–Crippen LogP) is 3.29. The topological polar surface area (TPSA) is 62.0 Å². The van der Waals surface area contributed by atoms with Crippen LogP contribution in [0.1, 0.15) is 43.1 Å². The molecule has 1 fully saturated rings. The second-order valence-electron chi connectivity index (χ2n) is 6.61. The van der Waals surface area contributed by atoms with Gasteiger partial charge < -0.3 is 9.64 Å². The fourth-order valence-corrected chi connectivity index (χ4v) is 3.59. The van der Waals surface area contributed by atoms with E-state index in [0.29, 0.717) is 18.7 Å². The lowest BCUT2D eigenvalue weighted by atomic mass is 9.93. The zero-order valence-electron chi connectivity index (χ0n) is 13.6. The molecule has 0 unspecified atom stereocenters. The summed E-state index contributed by atoms with van der Waals surface area (Å²) >= 11 is 1.64. The van der Waals surface area contributed by atoms with Gasteiger partial charge in [-0.15, -0.1) is 11.3 Å². The SMILES string of the molecule is CC(C)(C)c1csc([C@@H]2CN(c3ncccc3C#N)CCO2)n1. The fourth-order valence-electron chi connectivity index (χ4n) is 2.51. The van der Waals surface area contributed by atoms with Crippen molar-refractivity contribution in [3.8, 4) is 6.07 Å². The minimum absolute atomic E-state index is 0.0397. The van der Waals surface area contributed by atoms with Crippen LogP contribution in [-0.2, 0) is 10.2 Å². The van der Waals surface area contributed by atoms with Crippen molar-refractivity contribution in [1.29, 1.82) is 5.26 Å². The van der Waals surface area contributed by atoms with Gasteiger partial charge in [-0.05, 0) is 12.1 Å². The first-order valence-electron chi connectivity index (χ1n) is 7.66. The second kappa shape index (κ2) is 6.26. The number of aromatic nitrogens is 2. The van der Waals surface area contributed by atoms with Crippen LogP contribution in [-0.4, -0.2) is 29.7 Å². The van der Waals surface area contributed by atoms with Crippen LogP contribution in [0.3, 0.4) is 0 Å². The first kappa shape index (κ1) is 15.9. The summed E-state index contributed by atoms with van der Waals surface area (Å²) < 4.78 is 5.91. The Balaban J connectivity index is 1.81. The maximum atomic E-state index is 9.27. The zero-order chi connectivity index (χ0) is 16.4. The number of thiazole rings is 1. The van der Waals surface area contributed by atoms with Gasteiger partial charge in [0.15, 0.2) is 0 Å². The zero-order valence-corrected chi connectivity index (χ0v) is 14.4. The van der Waals surface area contributed by atoms with Gasteiger partial charge in [-0.3, -0.25) is 0 Å². The molecule has 0 N–H and O–H groups in total. The molecule has 120 valence electrons. The Labute approximate surface area is 140 Å². The minimum Gasteiger partial charge on any atom is -0.367 e. The van der Waals surface area contributed by atoms with E-state index in [1.165, 1.54) is 0 Å². The molecular weight excluding hydrogens is 308 g/mol. The standard InChI is InChI=1S/C17H20N4OS/c1-17(2,3)14-11-23-16(20-14)13-10-21(7-8-22-13)15-12(9-18)5-4-6-19-15/h4-6,11,13H,7-8,10H2,1-3H3/t13-/m0/s1. The molecule has 1 aliphatic rings. The lowest BCUT2D eigenvalue weighted by Crippen LogP contribution is -2.39. The van der Waals surface area contributed by atoms with Gasteiger partial charge in [0.1, 0.15) is 23.0 Å². The maximum Gasteiger partial charge on any atom is 0.146 e. The molecule has 0 amide bonds. The van der Waals surface area contributed by atoms with Crippen molar-refractivity contribution < 1.29 is 4.74 Å². The summed E-state index contributed by atoms with van der Waals surface area (Å²) in [5, 5.41) is 12.4. The van der Waals surface area contributed by atoms with E-state index < -0.39 is 0 Å². The number of anilines is 1. The van der Waals surface area contributed by atoms with Gasteiger partial charge in [0.05, 0.1) is 24.4 Å². The van der Waals surface area contributed by atoms with Crippen molar-refractivity contribution in [3.63, 3.8) is 0 Å². The van der Waals surface area contributed by atoms with Gasteiger partial charge in [-0.25, -0.2) is 9.97 Å². The molecule has 1 saturated heterocycles. The van der Waals surface area contributed by atoms with E-state index in [0.717, 1.165) is 23.1 Å². The van der Waals surface area contributed by atoms with Gasteiger partial charge in [-0.2, -0.15) is 5.26 Å². The Hall–Kier alpha value is -1.97. The molecule has 2 aromatic rings. The minimum atomic E-state index is -0.0709. The summed E-state index contributed by atoms with van der Waals surface area (Å²) in [6.07, 6.45) is 1.65. The molecule has 2 aromatic heterocycles. The number of rotatable bonds is 2. The highest BCUT2D eigenvalue weighted by molar-refractivity contribution is 7.09. The Morgan fingerprint density at radius 2 is 2.26 bits per heavy atom. The van der Waals surface area contributed by atoms with Crippen molar-refractivity contribution in [1.82, 2.24) is 9.97 Å². The van der Waals surface area contributed by atoms with Crippen LogP contribution in [0, 0.1) is 11.3 Å². The molecule has 0 spiro atoms. The molecule has 0 aliphatic carbocycles. The van der Waals surface area contributed by atoms with E-state index in [1.54, 1.807) is 29.7 Å². The molecule has 0 bridgehead atoms.